The first-order valence-corrected chi connectivity index (χ1v) is 4.00. The molecule has 0 saturated carbocycles. The summed E-state index contributed by atoms with van der Waals surface area (Å²) in [4.78, 5) is 0. The van der Waals surface area contributed by atoms with Crippen LogP contribution in [0.4, 0.5) is 5.69 Å². The number of fused-ring (bicyclic) bond motifs is 1. The van der Waals surface area contributed by atoms with Crippen LogP contribution in [0.3, 0.4) is 0 Å². The van der Waals surface area contributed by atoms with Gasteiger partial charge in [-0.3, -0.25) is 0 Å². The van der Waals surface area contributed by atoms with Crippen molar-refractivity contribution in [3.63, 3.8) is 0 Å². The molecule has 0 radical (unpaired) electrons. The predicted octanol–water partition coefficient (Wildman–Crippen LogP) is 1.23. The van der Waals surface area contributed by atoms with Gasteiger partial charge in [0.15, 0.2) is 5.75 Å². The van der Waals surface area contributed by atoms with Gasteiger partial charge in [-0.2, -0.15) is 5.10 Å². The molecule has 0 aliphatic rings. The average molecular weight is 177 g/mol. The van der Waals surface area contributed by atoms with E-state index in [1.54, 1.807) is 17.8 Å². The summed E-state index contributed by atoms with van der Waals surface area (Å²) < 4.78 is 6.83. The Bertz CT molecular complexity index is 447. The van der Waals surface area contributed by atoms with Crippen molar-refractivity contribution in [1.82, 2.24) is 9.61 Å². The molecule has 0 bridgehead atoms. The van der Waals surface area contributed by atoms with Crippen molar-refractivity contribution in [3.05, 3.63) is 24.0 Å². The second-order valence-corrected chi connectivity index (χ2v) is 2.95. The molecule has 2 aromatic rings. The lowest BCUT2D eigenvalue weighted by Crippen LogP contribution is -1.96. The van der Waals surface area contributed by atoms with Crippen LogP contribution in [-0.2, 0) is 0 Å². The number of aromatic nitrogens is 2. The Balaban J connectivity index is 2.72. The van der Waals surface area contributed by atoms with Crippen LogP contribution >= 0.6 is 0 Å². The molecular weight excluding hydrogens is 166 g/mol. The van der Waals surface area contributed by atoms with Gasteiger partial charge in [0, 0.05) is 0 Å². The van der Waals surface area contributed by atoms with Crippen LogP contribution in [0, 0.1) is 6.92 Å². The largest absolute Gasteiger partial charge is 0.493 e. The number of methoxy groups -OCH3 is 1. The topological polar surface area (TPSA) is 52.5 Å². The smallest absolute Gasteiger partial charge is 0.160 e. The maximum absolute atomic E-state index is 5.74. The zero-order valence-corrected chi connectivity index (χ0v) is 7.61. The number of pyridine rings is 1. The number of hydrogen-bond acceptors (Lipinski definition) is 3. The maximum Gasteiger partial charge on any atom is 0.160 e. The van der Waals surface area contributed by atoms with Crippen molar-refractivity contribution in [1.29, 1.82) is 0 Å². The molecule has 13 heavy (non-hydrogen) atoms. The molecule has 0 aromatic carbocycles. The lowest BCUT2D eigenvalue weighted by Gasteiger charge is -2.03. The second kappa shape index (κ2) is 2.65. The molecule has 2 aromatic heterocycles. The number of aryl methyl sites for hydroxylation is 1. The van der Waals surface area contributed by atoms with Gasteiger partial charge in [-0.1, -0.05) is 0 Å². The second-order valence-electron chi connectivity index (χ2n) is 2.95. The molecule has 0 spiro atoms. The predicted molar refractivity (Wildman–Crippen MR) is 50.9 cm³/mol. The Morgan fingerprint density at radius 1 is 1.46 bits per heavy atom. The van der Waals surface area contributed by atoms with Gasteiger partial charge in [-0.15, -0.1) is 0 Å². The molecule has 0 amide bonds. The number of nitrogens with two attached hydrogens (primary N) is 1. The average Bonchev–Trinajstić information content (AvgIpc) is 2.42. The number of anilines is 1. The highest BCUT2D eigenvalue weighted by Crippen LogP contribution is 2.22. The summed E-state index contributed by atoms with van der Waals surface area (Å²) in [5, 5.41) is 4.24. The summed E-state index contributed by atoms with van der Waals surface area (Å²) >= 11 is 0. The number of hydrogen-bond donors (Lipinski definition) is 1. The Morgan fingerprint density at radius 3 is 2.92 bits per heavy atom. The van der Waals surface area contributed by atoms with E-state index in [4.69, 9.17) is 10.5 Å². The lowest BCUT2D eigenvalue weighted by atomic mass is 10.3. The van der Waals surface area contributed by atoms with Crippen LogP contribution in [0.2, 0.25) is 0 Å². The quantitative estimate of drug-likeness (QED) is 0.712. The highest BCUT2D eigenvalue weighted by molar-refractivity contribution is 5.63. The van der Waals surface area contributed by atoms with Crippen molar-refractivity contribution in [2.75, 3.05) is 12.8 Å². The van der Waals surface area contributed by atoms with E-state index >= 15 is 0 Å². The molecule has 0 atom stereocenters. The minimum absolute atomic E-state index is 0.634. The van der Waals surface area contributed by atoms with Crippen LogP contribution in [0.1, 0.15) is 5.69 Å². The zero-order valence-electron chi connectivity index (χ0n) is 7.61. The molecule has 2 N–H and O–H groups in total. The van der Waals surface area contributed by atoms with E-state index in [0.29, 0.717) is 11.4 Å². The minimum atomic E-state index is 0.634. The van der Waals surface area contributed by atoms with Crippen molar-refractivity contribution in [3.8, 4) is 5.75 Å². The fraction of sp³-hybridized carbons (Fsp3) is 0.222. The third-order valence-electron chi connectivity index (χ3n) is 1.93. The van der Waals surface area contributed by atoms with Crippen molar-refractivity contribution in [2.45, 2.75) is 6.92 Å². The third kappa shape index (κ3) is 1.20. The van der Waals surface area contributed by atoms with Gasteiger partial charge in [0.25, 0.3) is 0 Å². The Hall–Kier alpha value is -1.71. The van der Waals surface area contributed by atoms with Gasteiger partial charge in [0.1, 0.15) is 0 Å². The first-order chi connectivity index (χ1) is 6.20. The van der Waals surface area contributed by atoms with E-state index in [0.717, 1.165) is 11.2 Å². The molecule has 0 unspecified atom stereocenters. The molecular formula is C9H11N3O. The molecule has 2 heterocycles. The van der Waals surface area contributed by atoms with Gasteiger partial charge in [-0.25, -0.2) is 4.52 Å². The zero-order chi connectivity index (χ0) is 9.42. The van der Waals surface area contributed by atoms with Crippen LogP contribution < -0.4 is 10.5 Å². The Labute approximate surface area is 75.9 Å². The Kier molecular flexibility index (Phi) is 1.62. The number of ether oxygens (including phenoxy) is 1. The fourth-order valence-electron chi connectivity index (χ4n) is 1.33. The molecule has 2 rings (SSSR count). The van der Waals surface area contributed by atoms with Crippen LogP contribution in [0.5, 0.6) is 5.75 Å². The summed E-state index contributed by atoms with van der Waals surface area (Å²) in [6.07, 6.45) is 1.78. The first-order valence-electron chi connectivity index (χ1n) is 4.00. The molecule has 4 nitrogen and oxygen atoms in total. The molecule has 0 saturated heterocycles. The first kappa shape index (κ1) is 7.91. The van der Waals surface area contributed by atoms with E-state index < -0.39 is 0 Å². The molecule has 4 heteroatoms. The van der Waals surface area contributed by atoms with Crippen LogP contribution in [0.15, 0.2) is 18.3 Å². The van der Waals surface area contributed by atoms with Crippen molar-refractivity contribution < 1.29 is 4.74 Å². The van der Waals surface area contributed by atoms with Crippen LogP contribution in [-0.4, -0.2) is 16.7 Å². The summed E-state index contributed by atoms with van der Waals surface area (Å²) in [7, 11) is 1.59. The van der Waals surface area contributed by atoms with Gasteiger partial charge in [-0.05, 0) is 19.1 Å². The van der Waals surface area contributed by atoms with E-state index in [9.17, 15) is 0 Å². The lowest BCUT2D eigenvalue weighted by molar-refractivity contribution is 0.414. The van der Waals surface area contributed by atoms with Gasteiger partial charge < -0.3 is 10.5 Å². The van der Waals surface area contributed by atoms with Crippen molar-refractivity contribution >= 4 is 11.2 Å². The van der Waals surface area contributed by atoms with Gasteiger partial charge in [0.2, 0.25) is 0 Å². The monoisotopic (exact) mass is 177 g/mol. The summed E-state index contributed by atoms with van der Waals surface area (Å²) in [6.45, 7) is 1.94. The molecule has 68 valence electrons. The van der Waals surface area contributed by atoms with Crippen LogP contribution in [0.25, 0.3) is 5.52 Å². The summed E-state index contributed by atoms with van der Waals surface area (Å²) in [5.41, 5.74) is 8.32. The molecule has 0 fully saturated rings. The fourth-order valence-corrected chi connectivity index (χ4v) is 1.33. The van der Waals surface area contributed by atoms with Gasteiger partial charge in [0.05, 0.1) is 30.2 Å². The highest BCUT2D eigenvalue weighted by Gasteiger charge is 2.03. The minimum Gasteiger partial charge on any atom is -0.493 e. The van der Waals surface area contributed by atoms with E-state index in [2.05, 4.69) is 5.10 Å². The van der Waals surface area contributed by atoms with E-state index in [1.165, 1.54) is 0 Å². The highest BCUT2D eigenvalue weighted by atomic mass is 16.5. The third-order valence-corrected chi connectivity index (χ3v) is 1.93. The SMILES string of the molecule is COc1cn2nc(C)cc2cc1N. The molecule has 0 aliphatic heterocycles. The summed E-state index contributed by atoms with van der Waals surface area (Å²) in [5.74, 6) is 0.649. The van der Waals surface area contributed by atoms with Gasteiger partial charge >= 0.3 is 0 Å². The number of rotatable bonds is 1. The maximum atomic E-state index is 5.74. The Morgan fingerprint density at radius 2 is 2.23 bits per heavy atom. The number of nitrogens with zero attached hydrogens (tertiary/aromatic N) is 2. The summed E-state index contributed by atoms with van der Waals surface area (Å²) in [6, 6.07) is 3.81. The standard InChI is InChI=1S/C9H11N3O/c1-6-3-7-4-8(10)9(13-2)5-12(7)11-6/h3-5H,10H2,1-2H3. The number of nitrogen functional groups attached to an aromatic ring is 1. The van der Waals surface area contributed by atoms with E-state index in [1.807, 2.05) is 19.1 Å². The van der Waals surface area contributed by atoms with E-state index in [-0.39, 0.29) is 0 Å². The van der Waals surface area contributed by atoms with Crippen molar-refractivity contribution in [2.24, 2.45) is 0 Å². The normalized spacial score (nSPS) is 10.6. The molecule has 0 aliphatic carbocycles.